The van der Waals surface area contributed by atoms with E-state index in [1.54, 1.807) is 7.05 Å². The van der Waals surface area contributed by atoms with Crippen LogP contribution in [0, 0.1) is 11.3 Å². The number of fused-ring (bicyclic) bond motifs is 3. The molecule has 39 heavy (non-hydrogen) atoms. The summed E-state index contributed by atoms with van der Waals surface area (Å²) in [7, 11) is 1.59. The van der Waals surface area contributed by atoms with Crippen molar-refractivity contribution >= 4 is 12.0 Å². The Morgan fingerprint density at radius 1 is 1.26 bits per heavy atom. The van der Waals surface area contributed by atoms with Crippen molar-refractivity contribution in [2.45, 2.75) is 91.0 Å². The van der Waals surface area contributed by atoms with Crippen LogP contribution in [0.15, 0.2) is 29.8 Å². The van der Waals surface area contributed by atoms with E-state index >= 15 is 0 Å². The molecule has 3 aliphatic rings. The molecule has 1 aromatic carbocycles. The van der Waals surface area contributed by atoms with Crippen LogP contribution in [0.4, 0.5) is 4.79 Å². The molecule has 3 heterocycles. The molecule has 1 N–H and O–H groups in total. The van der Waals surface area contributed by atoms with Gasteiger partial charge in [0.2, 0.25) is 0 Å². The number of benzene rings is 1. The van der Waals surface area contributed by atoms with Crippen molar-refractivity contribution in [2.75, 3.05) is 33.4 Å². The van der Waals surface area contributed by atoms with Gasteiger partial charge in [-0.15, -0.1) is 0 Å². The normalized spacial score (nSPS) is 28.0. The number of nitrogens with one attached hydrogen (secondary N) is 1. The molecule has 0 radical (unpaired) electrons. The Morgan fingerprint density at radius 3 is 2.72 bits per heavy atom. The standard InChI is InChI=1S/C31H46N2O6/c1-21(2)10-8-13-30(6)24-17-31(14-9-15-33(19-31)28(35)39-29(3,4)5)20-37-27(24)23-12-11-22(16-25(23)38-30)36-18-26(34)32-7/h10-12,16,24,27H,8-9,13-15,17-20H2,1-7H3,(H,32,34)/t24-,27+,30-,31-/m0/s1. The lowest BCUT2D eigenvalue weighted by Gasteiger charge is -2.55. The van der Waals surface area contributed by atoms with E-state index in [1.165, 1.54) is 5.57 Å². The molecule has 3 aliphatic heterocycles. The molecule has 216 valence electrons. The first-order chi connectivity index (χ1) is 18.3. The molecule has 2 saturated heterocycles. The Morgan fingerprint density at radius 2 is 2.03 bits per heavy atom. The summed E-state index contributed by atoms with van der Waals surface area (Å²) in [4.78, 5) is 26.5. The number of carbonyl (C=O) groups is 2. The highest BCUT2D eigenvalue weighted by atomic mass is 16.6. The van der Waals surface area contributed by atoms with Crippen LogP contribution in [0.2, 0.25) is 0 Å². The number of hydrogen-bond acceptors (Lipinski definition) is 6. The lowest BCUT2D eigenvalue weighted by Crippen LogP contribution is -2.57. The minimum absolute atomic E-state index is 0.0493. The third kappa shape index (κ3) is 6.89. The maximum Gasteiger partial charge on any atom is 0.410 e. The molecular weight excluding hydrogens is 496 g/mol. The molecule has 2 fully saturated rings. The Kier molecular flexibility index (Phi) is 8.55. The topological polar surface area (TPSA) is 86.3 Å². The van der Waals surface area contributed by atoms with Crippen molar-refractivity contribution in [3.63, 3.8) is 0 Å². The number of rotatable bonds is 6. The molecule has 2 amide bonds. The number of likely N-dealkylation sites (tertiary alicyclic amines) is 1. The fourth-order valence-corrected chi connectivity index (χ4v) is 6.19. The summed E-state index contributed by atoms with van der Waals surface area (Å²) in [5, 5.41) is 2.58. The van der Waals surface area contributed by atoms with Crippen LogP contribution < -0.4 is 14.8 Å². The van der Waals surface area contributed by atoms with Crippen LogP contribution in [0.3, 0.4) is 0 Å². The third-order valence-corrected chi connectivity index (χ3v) is 8.16. The number of allylic oxidation sites excluding steroid dienone is 2. The molecule has 0 saturated carbocycles. The van der Waals surface area contributed by atoms with Gasteiger partial charge in [0.05, 0.1) is 12.7 Å². The number of hydrogen-bond donors (Lipinski definition) is 1. The molecule has 0 aromatic heterocycles. The van der Waals surface area contributed by atoms with E-state index < -0.39 is 11.2 Å². The molecule has 1 spiro atoms. The van der Waals surface area contributed by atoms with E-state index in [0.29, 0.717) is 25.4 Å². The minimum atomic E-state index is -0.525. The van der Waals surface area contributed by atoms with E-state index in [2.05, 4.69) is 32.2 Å². The van der Waals surface area contributed by atoms with Crippen LogP contribution in [0.25, 0.3) is 0 Å². The zero-order valence-electron chi connectivity index (χ0n) is 24.7. The molecule has 4 rings (SSSR count). The second-order valence-electron chi connectivity index (χ2n) is 12.9. The van der Waals surface area contributed by atoms with Crippen molar-refractivity contribution in [1.82, 2.24) is 10.2 Å². The fraction of sp³-hybridized carbons (Fsp3) is 0.677. The number of nitrogens with zero attached hydrogens (tertiary/aromatic N) is 1. The van der Waals surface area contributed by atoms with Crippen LogP contribution >= 0.6 is 0 Å². The quantitative estimate of drug-likeness (QED) is 0.457. The first kappa shape index (κ1) is 29.2. The summed E-state index contributed by atoms with van der Waals surface area (Å²) in [5.41, 5.74) is 1.17. The average Bonchev–Trinajstić information content (AvgIpc) is 2.86. The van der Waals surface area contributed by atoms with Gasteiger partial charge in [-0.3, -0.25) is 4.79 Å². The molecule has 8 nitrogen and oxygen atoms in total. The van der Waals surface area contributed by atoms with Crippen LogP contribution in [-0.4, -0.2) is 61.5 Å². The molecule has 0 bridgehead atoms. The smallest absolute Gasteiger partial charge is 0.410 e. The number of carbonyl (C=O) groups excluding carboxylic acids is 2. The second kappa shape index (κ2) is 11.4. The first-order valence-electron chi connectivity index (χ1n) is 14.2. The van der Waals surface area contributed by atoms with E-state index in [1.807, 2.05) is 43.9 Å². The molecular formula is C31H46N2O6. The number of piperidine rings is 1. The van der Waals surface area contributed by atoms with Gasteiger partial charge >= 0.3 is 6.09 Å². The van der Waals surface area contributed by atoms with Crippen molar-refractivity contribution in [3.8, 4) is 11.5 Å². The SMILES string of the molecule is CNC(=O)COc1ccc2c(c1)O[C@@](C)(CCC=C(C)C)[C@H]1C[C@]3(CCCN(C(=O)OC(C)(C)C)C3)CO[C@H]21. The van der Waals surface area contributed by atoms with E-state index in [-0.39, 0.29) is 36.0 Å². The Balaban J connectivity index is 1.60. The molecule has 8 heteroatoms. The predicted octanol–water partition coefficient (Wildman–Crippen LogP) is 5.80. The Hall–Kier alpha value is -2.74. The Labute approximate surface area is 233 Å². The largest absolute Gasteiger partial charge is 0.487 e. The Bertz CT molecular complexity index is 1090. The van der Waals surface area contributed by atoms with Crippen LogP contribution in [0.5, 0.6) is 11.5 Å². The van der Waals surface area contributed by atoms with E-state index in [0.717, 1.165) is 43.4 Å². The molecule has 4 atom stereocenters. The number of likely N-dealkylation sites (N-methyl/N-ethyl adjacent to an activating group) is 1. The van der Waals surface area contributed by atoms with Gasteiger partial charge < -0.3 is 29.2 Å². The maximum atomic E-state index is 13.0. The van der Waals surface area contributed by atoms with Gasteiger partial charge in [0.15, 0.2) is 6.61 Å². The summed E-state index contributed by atoms with van der Waals surface area (Å²) in [6, 6.07) is 5.77. The second-order valence-corrected chi connectivity index (χ2v) is 12.9. The molecule has 0 aliphatic carbocycles. The highest BCUT2D eigenvalue weighted by molar-refractivity contribution is 5.77. The van der Waals surface area contributed by atoms with E-state index in [9.17, 15) is 9.59 Å². The van der Waals surface area contributed by atoms with Crippen molar-refractivity contribution in [1.29, 1.82) is 0 Å². The predicted molar refractivity (Wildman–Crippen MR) is 150 cm³/mol. The van der Waals surface area contributed by atoms with Crippen molar-refractivity contribution < 1.29 is 28.5 Å². The summed E-state index contributed by atoms with van der Waals surface area (Å²) in [6.45, 7) is 14.0. The highest BCUT2D eigenvalue weighted by Crippen LogP contribution is 2.56. The van der Waals surface area contributed by atoms with Gasteiger partial charge in [-0.2, -0.15) is 0 Å². The monoisotopic (exact) mass is 542 g/mol. The fourth-order valence-electron chi connectivity index (χ4n) is 6.19. The molecule has 1 aromatic rings. The van der Waals surface area contributed by atoms with Gasteiger partial charge in [-0.25, -0.2) is 4.79 Å². The zero-order valence-corrected chi connectivity index (χ0v) is 24.7. The van der Waals surface area contributed by atoms with Crippen molar-refractivity contribution in [2.24, 2.45) is 11.3 Å². The summed E-state index contributed by atoms with van der Waals surface area (Å²) in [6.07, 6.45) is 6.50. The summed E-state index contributed by atoms with van der Waals surface area (Å²) < 4.78 is 25.0. The third-order valence-electron chi connectivity index (χ3n) is 8.16. The summed E-state index contributed by atoms with van der Waals surface area (Å²) in [5.74, 6) is 1.28. The lowest BCUT2D eigenvalue weighted by atomic mass is 9.64. The van der Waals surface area contributed by atoms with E-state index in [4.69, 9.17) is 18.9 Å². The van der Waals surface area contributed by atoms with Crippen LogP contribution in [-0.2, 0) is 14.3 Å². The van der Waals surface area contributed by atoms with Gasteiger partial charge in [0, 0.05) is 43.1 Å². The summed E-state index contributed by atoms with van der Waals surface area (Å²) >= 11 is 0. The zero-order chi connectivity index (χ0) is 28.4. The highest BCUT2D eigenvalue weighted by Gasteiger charge is 2.55. The number of amides is 2. The van der Waals surface area contributed by atoms with Crippen molar-refractivity contribution in [3.05, 3.63) is 35.4 Å². The average molecular weight is 543 g/mol. The van der Waals surface area contributed by atoms with Gasteiger partial charge in [0.25, 0.3) is 5.91 Å². The molecule has 0 unspecified atom stereocenters. The maximum absolute atomic E-state index is 13.0. The van der Waals surface area contributed by atoms with Gasteiger partial charge in [-0.05, 0) is 85.8 Å². The van der Waals surface area contributed by atoms with Gasteiger partial charge in [0.1, 0.15) is 22.7 Å². The number of ether oxygens (including phenoxy) is 4. The van der Waals surface area contributed by atoms with Gasteiger partial charge in [-0.1, -0.05) is 11.6 Å². The van der Waals surface area contributed by atoms with Crippen LogP contribution in [0.1, 0.15) is 85.3 Å². The first-order valence-corrected chi connectivity index (χ1v) is 14.2. The lowest BCUT2D eigenvalue weighted by molar-refractivity contribution is -0.180. The minimum Gasteiger partial charge on any atom is -0.487 e.